The van der Waals surface area contributed by atoms with Crippen LogP contribution in [0.5, 0.6) is 0 Å². The predicted molar refractivity (Wildman–Crippen MR) is 104 cm³/mol. The first kappa shape index (κ1) is 23.2. The Morgan fingerprint density at radius 3 is 2.37 bits per heavy atom. The molecule has 2 aromatic carbocycles. The molecule has 2 aromatic rings. The first-order valence-corrected chi connectivity index (χ1v) is 10.3. The van der Waals surface area contributed by atoms with Gasteiger partial charge in [0.1, 0.15) is 6.04 Å². The Hall–Kier alpha value is -3.08. The highest BCUT2D eigenvalue weighted by Crippen LogP contribution is 2.31. The molecule has 0 spiro atoms. The first-order valence-electron chi connectivity index (χ1n) is 8.82. The van der Waals surface area contributed by atoms with Crippen molar-refractivity contribution in [3.8, 4) is 0 Å². The zero-order valence-electron chi connectivity index (χ0n) is 16.1. The van der Waals surface area contributed by atoms with Gasteiger partial charge in [-0.15, -0.1) is 0 Å². The van der Waals surface area contributed by atoms with Gasteiger partial charge in [0.05, 0.1) is 10.5 Å². The summed E-state index contributed by atoms with van der Waals surface area (Å²) in [7, 11) is -4.26. The number of hydrogen-bond acceptors (Lipinski definition) is 4. The second kappa shape index (κ2) is 9.16. The molecule has 0 bridgehead atoms. The second-order valence-corrected chi connectivity index (χ2v) is 7.98. The van der Waals surface area contributed by atoms with Crippen LogP contribution in [0.15, 0.2) is 53.4 Å². The number of amides is 2. The summed E-state index contributed by atoms with van der Waals surface area (Å²) in [6.07, 6.45) is -4.62. The van der Waals surface area contributed by atoms with Crippen molar-refractivity contribution in [3.05, 3.63) is 59.7 Å². The van der Waals surface area contributed by atoms with E-state index in [9.17, 15) is 31.2 Å². The van der Waals surface area contributed by atoms with Crippen LogP contribution in [0.3, 0.4) is 0 Å². The molecule has 30 heavy (non-hydrogen) atoms. The highest BCUT2D eigenvalue weighted by atomic mass is 32.2. The molecule has 0 radical (unpaired) electrons. The summed E-state index contributed by atoms with van der Waals surface area (Å²) in [6.45, 7) is 3.57. The molecule has 0 heterocycles. The molecule has 0 saturated carbocycles. The summed E-state index contributed by atoms with van der Waals surface area (Å²) < 4.78 is 65.7. The Bertz CT molecular complexity index is 1040. The van der Waals surface area contributed by atoms with Gasteiger partial charge in [0, 0.05) is 17.8 Å². The van der Waals surface area contributed by atoms with Crippen molar-refractivity contribution < 1.29 is 31.2 Å². The number of rotatable bonds is 7. The van der Waals surface area contributed by atoms with Gasteiger partial charge < -0.3 is 10.6 Å². The van der Waals surface area contributed by atoms with Gasteiger partial charge in [-0.05, 0) is 50.2 Å². The lowest BCUT2D eigenvalue weighted by Crippen LogP contribution is -2.44. The number of halogens is 3. The van der Waals surface area contributed by atoms with E-state index in [0.717, 1.165) is 18.2 Å². The lowest BCUT2D eigenvalue weighted by atomic mass is 10.2. The average molecular weight is 443 g/mol. The van der Waals surface area contributed by atoms with E-state index in [-0.39, 0.29) is 16.1 Å². The highest BCUT2D eigenvalue weighted by molar-refractivity contribution is 7.92. The molecular formula is C19H20F3N3O4S. The molecular weight excluding hydrogens is 423 g/mol. The van der Waals surface area contributed by atoms with Crippen molar-refractivity contribution in [2.45, 2.75) is 31.0 Å². The molecule has 162 valence electrons. The number of benzene rings is 2. The second-order valence-electron chi connectivity index (χ2n) is 6.30. The van der Waals surface area contributed by atoms with Crippen LogP contribution in [0.4, 0.5) is 18.9 Å². The van der Waals surface area contributed by atoms with Gasteiger partial charge in [-0.25, -0.2) is 8.42 Å². The minimum absolute atomic E-state index is 0.0296. The summed E-state index contributed by atoms with van der Waals surface area (Å²) in [4.78, 5) is 23.7. The summed E-state index contributed by atoms with van der Waals surface area (Å²) in [5.41, 5.74) is -1.31. The summed E-state index contributed by atoms with van der Waals surface area (Å²) in [5, 5.41) is 4.98. The van der Waals surface area contributed by atoms with Crippen LogP contribution in [0.2, 0.25) is 0 Å². The number of likely N-dealkylation sites (N-methyl/N-ethyl adjacent to an activating group) is 1. The Morgan fingerprint density at radius 2 is 1.73 bits per heavy atom. The fraction of sp³-hybridized carbons (Fsp3) is 0.263. The molecule has 0 saturated heterocycles. The monoisotopic (exact) mass is 443 g/mol. The number of nitrogens with one attached hydrogen (secondary N) is 3. The third-order valence-electron chi connectivity index (χ3n) is 3.94. The summed E-state index contributed by atoms with van der Waals surface area (Å²) >= 11 is 0. The van der Waals surface area contributed by atoms with E-state index in [4.69, 9.17) is 0 Å². The normalized spacial score (nSPS) is 12.7. The van der Waals surface area contributed by atoms with Crippen LogP contribution >= 0.6 is 0 Å². The van der Waals surface area contributed by atoms with E-state index in [1.807, 2.05) is 0 Å². The molecule has 2 amide bonds. The van der Waals surface area contributed by atoms with Gasteiger partial charge in [-0.3, -0.25) is 14.3 Å². The molecule has 7 nitrogen and oxygen atoms in total. The highest BCUT2D eigenvalue weighted by Gasteiger charge is 2.30. The van der Waals surface area contributed by atoms with E-state index in [1.165, 1.54) is 31.2 Å². The van der Waals surface area contributed by atoms with Crippen LogP contribution in [0.1, 0.15) is 29.8 Å². The minimum atomic E-state index is -4.62. The lowest BCUT2D eigenvalue weighted by molar-refractivity contribution is -0.137. The maximum Gasteiger partial charge on any atom is 0.416 e. The molecule has 0 aliphatic heterocycles. The van der Waals surface area contributed by atoms with E-state index >= 15 is 0 Å². The molecule has 1 unspecified atom stereocenters. The molecule has 0 aliphatic carbocycles. The summed E-state index contributed by atoms with van der Waals surface area (Å²) in [6, 6.07) is 7.82. The third kappa shape index (κ3) is 5.96. The van der Waals surface area contributed by atoms with E-state index in [1.54, 1.807) is 6.92 Å². The molecule has 1 atom stereocenters. The Labute approximate surface area is 171 Å². The van der Waals surface area contributed by atoms with Crippen molar-refractivity contribution in [2.75, 3.05) is 11.3 Å². The molecule has 0 fully saturated rings. The van der Waals surface area contributed by atoms with Crippen molar-refractivity contribution in [3.63, 3.8) is 0 Å². The smallest absolute Gasteiger partial charge is 0.355 e. The zero-order chi connectivity index (χ0) is 22.5. The maximum atomic E-state index is 12.8. The van der Waals surface area contributed by atoms with Crippen LogP contribution in [0, 0.1) is 0 Å². The Kier molecular flexibility index (Phi) is 7.08. The van der Waals surface area contributed by atoms with E-state index < -0.39 is 39.6 Å². The molecule has 0 aliphatic rings. The number of carbonyl (C=O) groups is 2. The van der Waals surface area contributed by atoms with Gasteiger partial charge in [-0.1, -0.05) is 12.1 Å². The van der Waals surface area contributed by atoms with Gasteiger partial charge in [0.2, 0.25) is 5.91 Å². The maximum absolute atomic E-state index is 12.8. The van der Waals surface area contributed by atoms with Gasteiger partial charge in [-0.2, -0.15) is 13.2 Å². The number of hydrogen-bond donors (Lipinski definition) is 3. The average Bonchev–Trinajstić information content (AvgIpc) is 2.67. The number of anilines is 1. The van der Waals surface area contributed by atoms with Crippen molar-refractivity contribution in [2.24, 2.45) is 0 Å². The van der Waals surface area contributed by atoms with Gasteiger partial charge >= 0.3 is 6.18 Å². The SMILES string of the molecule is CCNC(=O)C(C)NC(=O)c1cccc(S(=O)(=O)Nc2cccc(C(F)(F)F)c2)c1. The Balaban J connectivity index is 2.22. The molecule has 11 heteroatoms. The van der Waals surface area contributed by atoms with Crippen LogP contribution in [-0.2, 0) is 21.0 Å². The third-order valence-corrected chi connectivity index (χ3v) is 5.32. The molecule has 2 rings (SSSR count). The quantitative estimate of drug-likeness (QED) is 0.612. The van der Waals surface area contributed by atoms with Crippen molar-refractivity contribution >= 4 is 27.5 Å². The van der Waals surface area contributed by atoms with Crippen LogP contribution < -0.4 is 15.4 Å². The molecule has 3 N–H and O–H groups in total. The fourth-order valence-corrected chi connectivity index (χ4v) is 3.55. The largest absolute Gasteiger partial charge is 0.416 e. The van der Waals surface area contributed by atoms with E-state index in [0.29, 0.717) is 12.6 Å². The number of carbonyl (C=O) groups excluding carboxylic acids is 2. The van der Waals surface area contributed by atoms with E-state index in [2.05, 4.69) is 15.4 Å². The molecule has 0 aromatic heterocycles. The van der Waals surface area contributed by atoms with Gasteiger partial charge in [0.15, 0.2) is 0 Å². The van der Waals surface area contributed by atoms with Crippen LogP contribution in [0.25, 0.3) is 0 Å². The number of sulfonamides is 1. The lowest BCUT2D eigenvalue weighted by Gasteiger charge is -2.14. The van der Waals surface area contributed by atoms with Crippen molar-refractivity contribution in [1.29, 1.82) is 0 Å². The first-order chi connectivity index (χ1) is 13.9. The Morgan fingerprint density at radius 1 is 1.07 bits per heavy atom. The van der Waals surface area contributed by atoms with Crippen molar-refractivity contribution in [1.82, 2.24) is 10.6 Å². The topological polar surface area (TPSA) is 104 Å². The zero-order valence-corrected chi connectivity index (χ0v) is 16.9. The summed E-state index contributed by atoms with van der Waals surface area (Å²) in [5.74, 6) is -1.08. The predicted octanol–water partition coefficient (Wildman–Crippen LogP) is 2.76. The fourth-order valence-electron chi connectivity index (χ4n) is 2.45. The van der Waals surface area contributed by atoms with Gasteiger partial charge in [0.25, 0.3) is 15.9 Å². The van der Waals surface area contributed by atoms with Crippen LogP contribution in [-0.4, -0.2) is 32.8 Å². The standard InChI is InChI=1S/C19H20F3N3O4S/c1-3-23-17(26)12(2)24-18(27)13-6-4-9-16(10-13)30(28,29)25-15-8-5-7-14(11-15)19(20,21)22/h4-12,25H,3H2,1-2H3,(H,23,26)(H,24,27). The minimum Gasteiger partial charge on any atom is -0.355 e. The number of alkyl halides is 3.